The van der Waals surface area contributed by atoms with Gasteiger partial charge in [0.15, 0.2) is 0 Å². The molecule has 0 amide bonds. The van der Waals surface area contributed by atoms with Crippen LogP contribution in [0.5, 0.6) is 0 Å². The molecule has 4 aromatic rings. The van der Waals surface area contributed by atoms with E-state index in [0.29, 0.717) is 21.3 Å². The van der Waals surface area contributed by atoms with Crippen molar-refractivity contribution in [2.75, 3.05) is 11.9 Å². The number of rotatable bonds is 5. The molecule has 1 unspecified atom stereocenters. The van der Waals surface area contributed by atoms with Crippen LogP contribution < -0.4 is 5.32 Å². The molecule has 0 fully saturated rings. The van der Waals surface area contributed by atoms with Gasteiger partial charge in [0.25, 0.3) is 0 Å². The number of hydrogen-bond acceptors (Lipinski definition) is 5. The number of aromatic nitrogens is 3. The van der Waals surface area contributed by atoms with Crippen LogP contribution in [-0.2, 0) is 0 Å². The van der Waals surface area contributed by atoms with E-state index in [1.165, 1.54) is 35.6 Å². The Bertz CT molecular complexity index is 996. The van der Waals surface area contributed by atoms with Gasteiger partial charge in [0.05, 0.1) is 18.0 Å². The second-order valence-corrected chi connectivity index (χ2v) is 6.67. The maximum Gasteiger partial charge on any atom is 0.214 e. The van der Waals surface area contributed by atoms with Crippen LogP contribution in [0.3, 0.4) is 0 Å². The van der Waals surface area contributed by atoms with Gasteiger partial charge in [0.2, 0.25) is 10.1 Å². The Balaban J connectivity index is 1.45. The molecule has 2 N–H and O–H groups in total. The fraction of sp³-hybridized carbons (Fsp3) is 0.111. The fourth-order valence-corrected chi connectivity index (χ4v) is 3.31. The van der Waals surface area contributed by atoms with Crippen LogP contribution in [0.15, 0.2) is 54.7 Å². The molecule has 0 radical (unpaired) electrons. The lowest BCUT2D eigenvalue weighted by Crippen LogP contribution is -2.12. The molecule has 0 aliphatic heterocycles. The summed E-state index contributed by atoms with van der Waals surface area (Å²) in [5.41, 5.74) is 2.14. The van der Waals surface area contributed by atoms with Gasteiger partial charge in [-0.3, -0.25) is 0 Å². The zero-order valence-electron chi connectivity index (χ0n) is 13.4. The number of anilines is 1. The molecule has 26 heavy (non-hydrogen) atoms. The number of nitrogens with one attached hydrogen (secondary N) is 1. The molecule has 2 aromatic heterocycles. The number of aliphatic hydroxyl groups is 1. The van der Waals surface area contributed by atoms with Crippen LogP contribution in [0.1, 0.15) is 11.7 Å². The van der Waals surface area contributed by atoms with Gasteiger partial charge in [-0.15, -0.1) is 5.10 Å². The molecule has 2 aromatic carbocycles. The first-order chi connectivity index (χ1) is 12.6. The van der Waals surface area contributed by atoms with Crippen LogP contribution in [0.4, 0.5) is 13.9 Å². The maximum absolute atomic E-state index is 13.0. The van der Waals surface area contributed by atoms with Crippen LogP contribution >= 0.6 is 11.3 Å². The summed E-state index contributed by atoms with van der Waals surface area (Å²) in [5.74, 6) is -0.633. The molecule has 132 valence electrons. The molecular weight excluding hydrogens is 358 g/mol. The normalized spacial score (nSPS) is 12.4. The summed E-state index contributed by atoms with van der Waals surface area (Å²) in [4.78, 5) is 5.16. The smallest absolute Gasteiger partial charge is 0.214 e. The van der Waals surface area contributed by atoms with Crippen LogP contribution in [0, 0.1) is 11.6 Å². The molecule has 4 rings (SSSR count). The highest BCUT2D eigenvalue weighted by Gasteiger charge is 2.12. The van der Waals surface area contributed by atoms with Gasteiger partial charge in [0.1, 0.15) is 11.6 Å². The first kappa shape index (κ1) is 16.6. The largest absolute Gasteiger partial charge is 0.387 e. The number of hydrogen-bond donors (Lipinski definition) is 2. The quantitative estimate of drug-likeness (QED) is 0.558. The zero-order chi connectivity index (χ0) is 18.1. The van der Waals surface area contributed by atoms with Crippen LogP contribution in [0.25, 0.3) is 16.2 Å². The summed E-state index contributed by atoms with van der Waals surface area (Å²) in [6.07, 6.45) is 0.988. The maximum atomic E-state index is 13.0. The van der Waals surface area contributed by atoms with Crippen molar-refractivity contribution >= 4 is 21.4 Å². The lowest BCUT2D eigenvalue weighted by atomic mass is 10.1. The summed E-state index contributed by atoms with van der Waals surface area (Å²) in [5, 5.41) is 18.2. The van der Waals surface area contributed by atoms with Gasteiger partial charge in [-0.1, -0.05) is 23.5 Å². The number of imidazole rings is 1. The van der Waals surface area contributed by atoms with E-state index < -0.39 is 6.10 Å². The molecule has 1 atom stereocenters. The van der Waals surface area contributed by atoms with Crippen molar-refractivity contribution in [2.24, 2.45) is 0 Å². The Morgan fingerprint density at radius 2 is 1.69 bits per heavy atom. The molecular formula is C18H14F2N4OS. The van der Waals surface area contributed by atoms with Gasteiger partial charge in [-0.05, 0) is 42.0 Å². The third-order valence-electron chi connectivity index (χ3n) is 3.88. The summed E-state index contributed by atoms with van der Waals surface area (Å²) >= 11 is 1.34. The van der Waals surface area contributed by atoms with E-state index in [0.717, 1.165) is 5.56 Å². The zero-order valence-corrected chi connectivity index (χ0v) is 14.3. The molecule has 0 saturated carbocycles. The third-order valence-corrected chi connectivity index (χ3v) is 4.76. The number of nitrogens with zero attached hydrogens (tertiary/aromatic N) is 3. The summed E-state index contributed by atoms with van der Waals surface area (Å²) in [7, 11) is 0. The van der Waals surface area contributed by atoms with Crippen molar-refractivity contribution in [3.05, 3.63) is 71.9 Å². The number of benzene rings is 2. The topological polar surface area (TPSA) is 62.5 Å². The van der Waals surface area contributed by atoms with E-state index in [1.54, 1.807) is 35.0 Å². The van der Waals surface area contributed by atoms with Crippen molar-refractivity contribution in [2.45, 2.75) is 6.10 Å². The lowest BCUT2D eigenvalue weighted by Gasteiger charge is -2.11. The second kappa shape index (κ2) is 6.81. The van der Waals surface area contributed by atoms with Crippen molar-refractivity contribution in [3.8, 4) is 11.3 Å². The molecule has 5 nitrogen and oxygen atoms in total. The first-order valence-electron chi connectivity index (χ1n) is 7.88. The average molecular weight is 372 g/mol. The minimum atomic E-state index is -0.776. The molecule has 2 heterocycles. The highest BCUT2D eigenvalue weighted by atomic mass is 32.1. The summed E-state index contributed by atoms with van der Waals surface area (Å²) in [6.45, 7) is 0.243. The van der Waals surface area contributed by atoms with Crippen LogP contribution in [0.2, 0.25) is 0 Å². The molecule has 8 heteroatoms. The molecule has 0 saturated heterocycles. The van der Waals surface area contributed by atoms with E-state index in [1.807, 2.05) is 0 Å². The van der Waals surface area contributed by atoms with E-state index in [-0.39, 0.29) is 18.2 Å². The highest BCUT2D eigenvalue weighted by molar-refractivity contribution is 7.20. The minimum absolute atomic E-state index is 0.243. The van der Waals surface area contributed by atoms with Crippen LogP contribution in [-0.4, -0.2) is 26.2 Å². The number of halogens is 2. The Kier molecular flexibility index (Phi) is 4.36. The Morgan fingerprint density at radius 3 is 2.35 bits per heavy atom. The average Bonchev–Trinajstić information content (AvgIpc) is 3.19. The van der Waals surface area contributed by atoms with Crippen molar-refractivity contribution < 1.29 is 13.9 Å². The second-order valence-electron chi connectivity index (χ2n) is 5.72. The van der Waals surface area contributed by atoms with Gasteiger partial charge in [-0.25, -0.2) is 18.3 Å². The Morgan fingerprint density at radius 1 is 1.04 bits per heavy atom. The highest BCUT2D eigenvalue weighted by Crippen LogP contribution is 2.25. The number of aliphatic hydroxyl groups excluding tert-OH is 1. The number of fused-ring (bicyclic) bond motifs is 1. The van der Waals surface area contributed by atoms with Crippen molar-refractivity contribution in [1.82, 2.24) is 14.6 Å². The molecule has 0 spiro atoms. The SMILES string of the molecule is OC(CNc1nn2cc(-c3ccc(F)cc3)nc2s1)c1ccc(F)cc1. The predicted molar refractivity (Wildman–Crippen MR) is 96.1 cm³/mol. The first-order valence-corrected chi connectivity index (χ1v) is 8.70. The van der Waals surface area contributed by atoms with E-state index in [9.17, 15) is 13.9 Å². The van der Waals surface area contributed by atoms with Gasteiger partial charge >= 0.3 is 0 Å². The van der Waals surface area contributed by atoms with Crippen molar-refractivity contribution in [3.63, 3.8) is 0 Å². The Labute approximate surface area is 151 Å². The van der Waals surface area contributed by atoms with Gasteiger partial charge < -0.3 is 10.4 Å². The third kappa shape index (κ3) is 3.42. The van der Waals surface area contributed by atoms with E-state index >= 15 is 0 Å². The summed E-state index contributed by atoms with van der Waals surface area (Å²) in [6, 6.07) is 11.8. The van der Waals surface area contributed by atoms with Crippen molar-refractivity contribution in [1.29, 1.82) is 0 Å². The Hall–Kier alpha value is -2.84. The van der Waals surface area contributed by atoms with E-state index in [2.05, 4.69) is 15.4 Å². The lowest BCUT2D eigenvalue weighted by molar-refractivity contribution is 0.191. The van der Waals surface area contributed by atoms with E-state index in [4.69, 9.17) is 0 Å². The van der Waals surface area contributed by atoms with Gasteiger partial charge in [0, 0.05) is 12.1 Å². The monoisotopic (exact) mass is 372 g/mol. The fourth-order valence-electron chi connectivity index (χ4n) is 2.52. The summed E-state index contributed by atoms with van der Waals surface area (Å²) < 4.78 is 27.6. The standard InChI is InChI=1S/C18H14F2N4OS/c19-13-5-1-11(2-6-13)15-10-24-18(22-15)26-17(23-24)21-9-16(25)12-3-7-14(20)8-4-12/h1-8,10,16,25H,9H2,(H,21,23). The predicted octanol–water partition coefficient (Wildman–Crippen LogP) is 3.88. The van der Waals surface area contributed by atoms with Gasteiger partial charge in [-0.2, -0.15) is 0 Å². The minimum Gasteiger partial charge on any atom is -0.387 e. The molecule has 0 aliphatic rings. The molecule has 0 bridgehead atoms. The molecule has 0 aliphatic carbocycles.